The lowest BCUT2D eigenvalue weighted by Crippen LogP contribution is -2.47. The van der Waals surface area contributed by atoms with Crippen molar-refractivity contribution in [2.24, 2.45) is 0 Å². The first-order chi connectivity index (χ1) is 13.1. The summed E-state index contributed by atoms with van der Waals surface area (Å²) in [6.07, 6.45) is 0. The number of nitrogens with one attached hydrogen (secondary N) is 1. The van der Waals surface area contributed by atoms with E-state index in [4.69, 9.17) is 9.72 Å². The number of ether oxygens (including phenoxy) is 1. The van der Waals surface area contributed by atoms with Crippen LogP contribution in [-0.4, -0.2) is 48.1 Å². The predicted molar refractivity (Wildman–Crippen MR) is 110 cm³/mol. The standard InChI is InChI=1S/C21H23N3O2S/c1-14-3-8-18-19(13-14)27-21(23-18)16-4-6-17(7-5-16)22-20(25)15(2)24-9-11-26-12-10-24/h3-8,13,15H,9-12H2,1-2H3,(H,22,25). The number of hydrogen-bond donors (Lipinski definition) is 1. The van der Waals surface area contributed by atoms with Crippen molar-refractivity contribution >= 4 is 33.1 Å². The van der Waals surface area contributed by atoms with Crippen molar-refractivity contribution in [1.82, 2.24) is 9.88 Å². The number of anilines is 1. The Balaban J connectivity index is 1.45. The van der Waals surface area contributed by atoms with Crippen LogP contribution in [0.1, 0.15) is 12.5 Å². The quantitative estimate of drug-likeness (QED) is 0.744. The zero-order chi connectivity index (χ0) is 18.8. The van der Waals surface area contributed by atoms with Gasteiger partial charge >= 0.3 is 0 Å². The van der Waals surface area contributed by atoms with Gasteiger partial charge in [-0.25, -0.2) is 4.98 Å². The summed E-state index contributed by atoms with van der Waals surface area (Å²) in [6.45, 7) is 7.00. The zero-order valence-electron chi connectivity index (χ0n) is 15.6. The number of carbonyl (C=O) groups excluding carboxylic acids is 1. The third-order valence-electron chi connectivity index (χ3n) is 4.92. The number of rotatable bonds is 4. The highest BCUT2D eigenvalue weighted by Crippen LogP contribution is 2.31. The molecular weight excluding hydrogens is 358 g/mol. The maximum absolute atomic E-state index is 12.5. The topological polar surface area (TPSA) is 54.5 Å². The van der Waals surface area contributed by atoms with Gasteiger partial charge in [0.2, 0.25) is 5.91 Å². The summed E-state index contributed by atoms with van der Waals surface area (Å²) in [4.78, 5) is 19.4. The average molecular weight is 382 g/mol. The van der Waals surface area contributed by atoms with Crippen LogP contribution >= 0.6 is 11.3 Å². The van der Waals surface area contributed by atoms with E-state index in [9.17, 15) is 4.79 Å². The van der Waals surface area contributed by atoms with Crippen LogP contribution in [0.25, 0.3) is 20.8 Å². The highest BCUT2D eigenvalue weighted by atomic mass is 32.1. The molecule has 0 spiro atoms. The smallest absolute Gasteiger partial charge is 0.241 e. The van der Waals surface area contributed by atoms with Crippen LogP contribution in [-0.2, 0) is 9.53 Å². The molecule has 1 amide bonds. The Labute approximate surface area is 163 Å². The summed E-state index contributed by atoms with van der Waals surface area (Å²) in [6, 6.07) is 14.1. The second-order valence-electron chi connectivity index (χ2n) is 6.88. The fourth-order valence-corrected chi connectivity index (χ4v) is 4.30. The molecule has 0 aliphatic carbocycles. The SMILES string of the molecule is Cc1ccc2nc(-c3ccc(NC(=O)C(C)N4CCOCC4)cc3)sc2c1. The molecule has 4 rings (SSSR count). The number of hydrogen-bond acceptors (Lipinski definition) is 5. The summed E-state index contributed by atoms with van der Waals surface area (Å²) in [7, 11) is 0. The summed E-state index contributed by atoms with van der Waals surface area (Å²) in [5, 5.41) is 4.01. The van der Waals surface area contributed by atoms with E-state index in [1.165, 1.54) is 10.3 Å². The lowest BCUT2D eigenvalue weighted by Gasteiger charge is -2.31. The number of amides is 1. The summed E-state index contributed by atoms with van der Waals surface area (Å²) >= 11 is 1.69. The van der Waals surface area contributed by atoms with Gasteiger partial charge in [-0.3, -0.25) is 9.69 Å². The minimum atomic E-state index is -0.166. The molecule has 1 unspecified atom stereocenters. The molecule has 27 heavy (non-hydrogen) atoms. The lowest BCUT2D eigenvalue weighted by atomic mass is 10.2. The van der Waals surface area contributed by atoms with Crippen molar-refractivity contribution < 1.29 is 9.53 Å². The normalized spacial score (nSPS) is 16.4. The molecule has 2 heterocycles. The molecule has 1 N–H and O–H groups in total. The Hall–Kier alpha value is -2.28. The van der Waals surface area contributed by atoms with Gasteiger partial charge in [-0.1, -0.05) is 6.07 Å². The lowest BCUT2D eigenvalue weighted by molar-refractivity contribution is -0.122. The number of thiazole rings is 1. The van der Waals surface area contributed by atoms with E-state index in [0.29, 0.717) is 13.2 Å². The summed E-state index contributed by atoms with van der Waals surface area (Å²) in [5.74, 6) is 0.0140. The monoisotopic (exact) mass is 381 g/mol. The van der Waals surface area contributed by atoms with Crippen LogP contribution in [0.15, 0.2) is 42.5 Å². The van der Waals surface area contributed by atoms with Crippen LogP contribution in [0.4, 0.5) is 5.69 Å². The molecule has 6 heteroatoms. The van der Waals surface area contributed by atoms with Crippen molar-refractivity contribution in [3.8, 4) is 10.6 Å². The van der Waals surface area contributed by atoms with Gasteiger partial charge in [0.1, 0.15) is 5.01 Å². The molecule has 3 aromatic rings. The molecule has 1 aliphatic rings. The molecule has 1 saturated heterocycles. The van der Waals surface area contributed by atoms with Crippen molar-refractivity contribution in [2.75, 3.05) is 31.6 Å². The number of aromatic nitrogens is 1. The van der Waals surface area contributed by atoms with Crippen LogP contribution in [0.5, 0.6) is 0 Å². The van der Waals surface area contributed by atoms with E-state index in [1.54, 1.807) is 11.3 Å². The number of carbonyl (C=O) groups is 1. The Morgan fingerprint density at radius 3 is 2.67 bits per heavy atom. The minimum absolute atomic E-state index is 0.0140. The van der Waals surface area contributed by atoms with E-state index in [-0.39, 0.29) is 11.9 Å². The fraction of sp³-hybridized carbons (Fsp3) is 0.333. The molecule has 1 aromatic heterocycles. The van der Waals surface area contributed by atoms with Crippen LogP contribution in [0.3, 0.4) is 0 Å². The van der Waals surface area contributed by atoms with E-state index >= 15 is 0 Å². The van der Waals surface area contributed by atoms with Crippen LogP contribution in [0, 0.1) is 6.92 Å². The van der Waals surface area contributed by atoms with Gasteiger partial charge in [0.25, 0.3) is 0 Å². The molecule has 0 radical (unpaired) electrons. The fourth-order valence-electron chi connectivity index (χ4n) is 3.23. The van der Waals surface area contributed by atoms with Gasteiger partial charge in [0.05, 0.1) is 29.5 Å². The average Bonchev–Trinajstić information content (AvgIpc) is 3.11. The Morgan fingerprint density at radius 1 is 1.19 bits per heavy atom. The maximum atomic E-state index is 12.5. The Kier molecular flexibility index (Phi) is 5.20. The van der Waals surface area contributed by atoms with Gasteiger partial charge in [0.15, 0.2) is 0 Å². The number of morpholine rings is 1. The number of fused-ring (bicyclic) bond motifs is 1. The molecule has 0 bridgehead atoms. The molecule has 5 nitrogen and oxygen atoms in total. The Bertz CT molecular complexity index is 946. The molecule has 1 atom stereocenters. The number of benzene rings is 2. The molecule has 140 valence electrons. The molecule has 0 saturated carbocycles. The third-order valence-corrected chi connectivity index (χ3v) is 5.98. The molecule has 1 fully saturated rings. The second kappa shape index (κ2) is 7.76. The zero-order valence-corrected chi connectivity index (χ0v) is 16.4. The van der Waals surface area contributed by atoms with Crippen molar-refractivity contribution in [3.63, 3.8) is 0 Å². The van der Waals surface area contributed by atoms with E-state index in [2.05, 4.69) is 35.3 Å². The first-order valence-electron chi connectivity index (χ1n) is 9.20. The van der Waals surface area contributed by atoms with Crippen molar-refractivity contribution in [2.45, 2.75) is 19.9 Å². The van der Waals surface area contributed by atoms with Gasteiger partial charge in [0, 0.05) is 24.3 Å². The summed E-state index contributed by atoms with van der Waals surface area (Å²) < 4.78 is 6.55. The van der Waals surface area contributed by atoms with Gasteiger partial charge in [-0.15, -0.1) is 11.3 Å². The van der Waals surface area contributed by atoms with Crippen LogP contribution in [0.2, 0.25) is 0 Å². The van der Waals surface area contributed by atoms with E-state index < -0.39 is 0 Å². The Morgan fingerprint density at radius 2 is 1.93 bits per heavy atom. The van der Waals surface area contributed by atoms with Crippen LogP contribution < -0.4 is 5.32 Å². The highest BCUT2D eigenvalue weighted by molar-refractivity contribution is 7.21. The minimum Gasteiger partial charge on any atom is -0.379 e. The second-order valence-corrected chi connectivity index (χ2v) is 7.91. The first kappa shape index (κ1) is 18.1. The van der Waals surface area contributed by atoms with Gasteiger partial charge < -0.3 is 10.1 Å². The third kappa shape index (κ3) is 4.03. The van der Waals surface area contributed by atoms with E-state index in [1.807, 2.05) is 31.2 Å². The molecule has 1 aliphatic heterocycles. The predicted octanol–water partition coefficient (Wildman–Crippen LogP) is 3.93. The first-order valence-corrected chi connectivity index (χ1v) is 10.0. The summed E-state index contributed by atoms with van der Waals surface area (Å²) in [5.41, 5.74) is 4.14. The maximum Gasteiger partial charge on any atom is 0.241 e. The highest BCUT2D eigenvalue weighted by Gasteiger charge is 2.23. The molecule has 2 aromatic carbocycles. The van der Waals surface area contributed by atoms with Gasteiger partial charge in [-0.05, 0) is 55.8 Å². The number of nitrogens with zero attached hydrogens (tertiary/aromatic N) is 2. The van der Waals surface area contributed by atoms with Gasteiger partial charge in [-0.2, -0.15) is 0 Å². The van der Waals surface area contributed by atoms with Crippen molar-refractivity contribution in [3.05, 3.63) is 48.0 Å². The molecular formula is C21H23N3O2S. The van der Waals surface area contributed by atoms with Crippen molar-refractivity contribution in [1.29, 1.82) is 0 Å². The van der Waals surface area contributed by atoms with E-state index in [0.717, 1.165) is 34.9 Å². The number of aryl methyl sites for hydroxylation is 1. The largest absolute Gasteiger partial charge is 0.379 e.